The number of aromatic hydroxyl groups is 2. The summed E-state index contributed by atoms with van der Waals surface area (Å²) < 4.78 is 37.9. The molecule has 5 fully saturated rings. The van der Waals surface area contributed by atoms with Gasteiger partial charge in [-0.2, -0.15) is 0 Å². The number of imide groups is 1. The third-order valence-electron chi connectivity index (χ3n) is 23.1. The van der Waals surface area contributed by atoms with Crippen molar-refractivity contribution in [2.24, 2.45) is 35.3 Å². The molecule has 0 aromatic heterocycles. The predicted octanol–water partition coefficient (Wildman–Crippen LogP) is 3.01. The van der Waals surface area contributed by atoms with Crippen LogP contribution in [0.2, 0.25) is 5.02 Å². The summed E-state index contributed by atoms with van der Waals surface area (Å²) in [5.74, 6) is -10.5. The first-order valence-electron chi connectivity index (χ1n) is 40.0. The first-order valence-corrected chi connectivity index (χ1v) is 40.4. The molecule has 4 saturated carbocycles. The zero-order valence-electron chi connectivity index (χ0n) is 67.0. The van der Waals surface area contributed by atoms with Crippen LogP contribution in [0.1, 0.15) is 128 Å². The van der Waals surface area contributed by atoms with Crippen molar-refractivity contribution in [3.8, 4) is 62.9 Å². The number of ether oxygens (including phenoxy) is 6. The highest BCUT2D eigenvalue weighted by molar-refractivity contribution is 6.32. The van der Waals surface area contributed by atoms with E-state index in [1.54, 1.807) is 21.0 Å². The Balaban J connectivity index is 0.980. The number of carbonyl (C=O) groups is 9. The molecule has 15 bridgehead atoms. The minimum absolute atomic E-state index is 0.0373. The maximum Gasteiger partial charge on any atom is 0.325 e. The smallest absolute Gasteiger partial charge is 0.325 e. The second kappa shape index (κ2) is 37.4. The molecule has 642 valence electrons. The number of anilines is 1. The number of likely N-dealkylation sites (N-methyl/N-ethyl adjacent to an activating group) is 3. The molecule has 6 aliphatic heterocycles. The SMILES string of the molecule is CNCCOc1ccc(NC(=O)NC(=O)C[C@@H]2NC(=O)[C@H](NC(=O)[C@@H](CC(C)C)NC)[C@H](O)c3ccc(c(C)c3)Oc3cc4cc(c3O[C@@H]3O[C@H](CN)[C@@H](O)[C@H](O)[C@H]3O)Oc3ccc(cc3Cl)[C@@H](O)[C@@H]3NC(=O)[C@H](NC(=O)[C@@H]4NC2=O)c2ccc(O)c(c2)-c2c(C)cc(O)cc2[C@@H](C(=O)NC2C4CC5CC(C4)CC2C5)NC3=O)cc1OCCNC. The topological polar surface area (TPSA) is 521 Å². The zero-order chi connectivity index (χ0) is 85.8. The van der Waals surface area contributed by atoms with Crippen LogP contribution in [0.5, 0.6) is 51.7 Å². The number of amides is 10. The van der Waals surface area contributed by atoms with E-state index < -0.39 is 180 Å². The van der Waals surface area contributed by atoms with Crippen molar-refractivity contribution in [3.05, 3.63) is 141 Å². The molecular formula is C84H102ClN13O22. The second-order valence-corrected chi connectivity index (χ2v) is 32.5. The Morgan fingerprint density at radius 3 is 1.90 bits per heavy atom. The Morgan fingerprint density at radius 2 is 1.25 bits per heavy atom. The van der Waals surface area contributed by atoms with Gasteiger partial charge in [0.1, 0.15) is 109 Å². The quantitative estimate of drug-likeness (QED) is 0.0460. The Hall–Kier alpha value is -11.0. The summed E-state index contributed by atoms with van der Waals surface area (Å²) in [6, 6.07) is 5.60. The van der Waals surface area contributed by atoms with Crippen molar-refractivity contribution in [2.75, 3.05) is 59.3 Å². The summed E-state index contributed by atoms with van der Waals surface area (Å²) in [4.78, 5) is 139. The molecule has 21 N–H and O–H groups in total. The fourth-order valence-electron chi connectivity index (χ4n) is 17.3. The number of hydrogen-bond acceptors (Lipinski definition) is 26. The lowest BCUT2D eigenvalue weighted by Crippen LogP contribution is -2.60. The van der Waals surface area contributed by atoms with E-state index in [-0.39, 0.29) is 122 Å². The Labute approximate surface area is 695 Å². The number of hydrogen-bond donors (Lipinski definition) is 20. The van der Waals surface area contributed by atoms with Crippen LogP contribution in [-0.4, -0.2) is 204 Å². The Morgan fingerprint density at radius 1 is 0.617 bits per heavy atom. The number of rotatable bonds is 21. The summed E-state index contributed by atoms with van der Waals surface area (Å²) in [6.45, 7) is 7.63. The number of phenolic OH excluding ortho intramolecular Hbond substituents is 2. The van der Waals surface area contributed by atoms with Gasteiger partial charge in [-0.05, 0) is 220 Å². The number of aryl methyl sites for hydroxylation is 2. The average molecular weight is 1680 g/mol. The van der Waals surface area contributed by atoms with Crippen LogP contribution in [0.4, 0.5) is 10.5 Å². The molecule has 35 nitrogen and oxygen atoms in total. The third kappa shape index (κ3) is 19.1. The number of aliphatic hydroxyl groups is 5. The predicted molar refractivity (Wildman–Crippen MR) is 432 cm³/mol. The number of fused-ring (bicyclic) bond motifs is 15. The van der Waals surface area contributed by atoms with Gasteiger partial charge in [-0.25, -0.2) is 4.79 Å². The van der Waals surface area contributed by atoms with Gasteiger partial charge in [-0.15, -0.1) is 0 Å². The number of nitrogens with one attached hydrogen (secondary N) is 12. The Kier molecular flexibility index (Phi) is 27.0. The van der Waals surface area contributed by atoms with Gasteiger partial charge >= 0.3 is 6.03 Å². The van der Waals surface area contributed by atoms with Crippen molar-refractivity contribution in [1.29, 1.82) is 0 Å². The minimum Gasteiger partial charge on any atom is -0.508 e. The van der Waals surface area contributed by atoms with Crippen LogP contribution in [0.15, 0.2) is 97.1 Å². The van der Waals surface area contributed by atoms with Gasteiger partial charge in [-0.1, -0.05) is 43.6 Å². The monoisotopic (exact) mass is 1680 g/mol. The molecule has 6 heterocycles. The number of carbonyl (C=O) groups excluding carboxylic acids is 9. The lowest BCUT2D eigenvalue weighted by atomic mass is 9.54. The molecule has 120 heavy (non-hydrogen) atoms. The molecule has 10 aliphatic rings. The fourth-order valence-corrected chi connectivity index (χ4v) is 17.5. The summed E-state index contributed by atoms with van der Waals surface area (Å²) >= 11 is 7.23. The largest absolute Gasteiger partial charge is 0.508 e. The molecule has 0 unspecified atom stereocenters. The summed E-state index contributed by atoms with van der Waals surface area (Å²) in [5.41, 5.74) is 5.72. The van der Waals surface area contributed by atoms with E-state index in [0.717, 1.165) is 44.2 Å². The highest BCUT2D eigenvalue weighted by Gasteiger charge is 2.51. The van der Waals surface area contributed by atoms with Crippen molar-refractivity contribution in [2.45, 2.75) is 164 Å². The summed E-state index contributed by atoms with van der Waals surface area (Å²) in [6.07, 6.45) is -9.72. The second-order valence-electron chi connectivity index (χ2n) is 32.1. The molecule has 4 aliphatic carbocycles. The number of aliphatic hydroxyl groups excluding tert-OH is 5. The summed E-state index contributed by atoms with van der Waals surface area (Å²) in [7, 11) is 4.96. The van der Waals surface area contributed by atoms with Crippen LogP contribution in [-0.2, 0) is 43.1 Å². The van der Waals surface area contributed by atoms with Gasteiger partial charge < -0.3 is 128 Å². The van der Waals surface area contributed by atoms with Crippen LogP contribution in [0.25, 0.3) is 11.1 Å². The molecule has 0 radical (unpaired) electrons. The van der Waals surface area contributed by atoms with Gasteiger partial charge in [0.15, 0.2) is 23.0 Å². The van der Waals surface area contributed by atoms with Crippen LogP contribution >= 0.6 is 11.6 Å². The van der Waals surface area contributed by atoms with Crippen molar-refractivity contribution in [3.63, 3.8) is 0 Å². The van der Waals surface area contributed by atoms with E-state index >= 15 is 28.8 Å². The number of benzene rings is 6. The molecule has 6 aromatic carbocycles. The van der Waals surface area contributed by atoms with E-state index in [2.05, 4.69) is 63.8 Å². The molecule has 14 atom stereocenters. The number of halogens is 1. The van der Waals surface area contributed by atoms with Gasteiger partial charge in [0.05, 0.1) is 17.5 Å². The van der Waals surface area contributed by atoms with E-state index in [9.17, 15) is 50.1 Å². The standard InChI is InChI=1S/C84H102ClN13O22/c1-36(2)20-52(89-7)76(107)97-68-70(102)42-9-13-55(37(3)21-42)117-59-30-46-31-60(75(59)120-83-74(106)73(105)72(104)61(35-86)119-83)118-56-14-10-43(29-51(56)85)71(103)69-82(113)96-67(80(111)93-64-44-24-39-23-40(26-44)27-45(64)25-39)50-33-48(99)22-38(4)63(50)49-28-41(8-12-54(49)100)65(78(109)98-69)95-79(110)66(46)94-77(108)53(91-81(68)112)34-62(101)92-84(114)90-47-11-15-57(115-18-16-87-5)58(32-47)116-19-17-88-6/h8-15,21-22,28-33,36,39-40,44-45,52-53,61,64-74,83,87-89,99-100,102-106H,16-20,23-27,34-35,86H2,1-7H3,(H,91,112)(H,93,111)(H,94,108)(H,95,110)(H,96,113)(H,97,107)(H,98,109)(H2,90,92,101,114)/t39?,40?,44?,45?,52-,53+,61-,64?,65-,66-,67+,68-,69+,70-,71-,72-,73+,74-,83+/m1/s1. The lowest BCUT2D eigenvalue weighted by Gasteiger charge is -2.54. The van der Waals surface area contributed by atoms with Gasteiger partial charge in [0.2, 0.25) is 59.3 Å². The normalized spacial score (nSPS) is 27.2. The minimum atomic E-state index is -2.32. The first kappa shape index (κ1) is 86.9. The number of phenols is 2. The van der Waals surface area contributed by atoms with E-state index in [1.807, 2.05) is 13.8 Å². The Bertz CT molecular complexity index is 4870. The van der Waals surface area contributed by atoms with Crippen molar-refractivity contribution < 1.29 is 107 Å². The highest BCUT2D eigenvalue weighted by atomic mass is 35.5. The molecule has 6 aromatic rings. The number of urea groups is 1. The van der Waals surface area contributed by atoms with Gasteiger partial charge in [0.25, 0.3) is 0 Å². The molecule has 16 rings (SSSR count). The lowest BCUT2D eigenvalue weighted by molar-refractivity contribution is -0.270. The third-order valence-corrected chi connectivity index (χ3v) is 23.4. The van der Waals surface area contributed by atoms with Crippen LogP contribution < -0.4 is 93.2 Å². The molecule has 0 spiro atoms. The van der Waals surface area contributed by atoms with Crippen LogP contribution in [0, 0.1) is 43.4 Å². The van der Waals surface area contributed by atoms with Crippen LogP contribution in [0.3, 0.4) is 0 Å². The van der Waals surface area contributed by atoms with Crippen molar-refractivity contribution in [1.82, 2.24) is 58.5 Å². The molecule has 36 heteroatoms. The zero-order valence-corrected chi connectivity index (χ0v) is 67.7. The molecule has 1 saturated heterocycles. The first-order chi connectivity index (χ1) is 57.4. The van der Waals surface area contributed by atoms with Crippen molar-refractivity contribution >= 4 is 70.6 Å². The maximum atomic E-state index is 16.5. The number of nitrogens with two attached hydrogens (primary N) is 1. The summed E-state index contributed by atoms with van der Waals surface area (Å²) in [5, 5.41) is 116. The highest BCUT2D eigenvalue weighted by Crippen LogP contribution is 2.55. The van der Waals surface area contributed by atoms with Gasteiger partial charge in [0, 0.05) is 43.0 Å². The fraction of sp³-hybridized carbons (Fsp3) is 0.464. The molecule has 10 amide bonds. The van der Waals surface area contributed by atoms with E-state index in [4.69, 9.17) is 45.8 Å². The van der Waals surface area contributed by atoms with Gasteiger partial charge in [-0.3, -0.25) is 43.7 Å². The van der Waals surface area contributed by atoms with E-state index in [1.165, 1.54) is 98.9 Å². The molecular weight excluding hydrogens is 1580 g/mol. The maximum absolute atomic E-state index is 16.5. The van der Waals surface area contributed by atoms with E-state index in [0.29, 0.717) is 30.7 Å². The average Bonchev–Trinajstić information content (AvgIpc) is 0.753.